The van der Waals surface area contributed by atoms with Crippen molar-refractivity contribution in [1.29, 1.82) is 0 Å². The molecule has 2 bridgehead atoms. The van der Waals surface area contributed by atoms with Crippen molar-refractivity contribution in [2.24, 2.45) is 23.7 Å². The van der Waals surface area contributed by atoms with Gasteiger partial charge in [0.05, 0.1) is 5.56 Å². The van der Waals surface area contributed by atoms with E-state index in [4.69, 9.17) is 0 Å². The van der Waals surface area contributed by atoms with E-state index in [1.54, 1.807) is 12.4 Å². The van der Waals surface area contributed by atoms with Crippen molar-refractivity contribution in [3.05, 3.63) is 42.2 Å². The van der Waals surface area contributed by atoms with E-state index in [1.807, 2.05) is 24.3 Å². The summed E-state index contributed by atoms with van der Waals surface area (Å²) >= 11 is 0. The number of likely N-dealkylation sites (tertiary alicyclic amines) is 1. The monoisotopic (exact) mass is 321 g/mol. The fraction of sp³-hybridized carbons (Fsp3) is 0.500. The van der Waals surface area contributed by atoms with Gasteiger partial charge in [0.25, 0.3) is 5.91 Å². The Hall–Kier alpha value is -2.10. The fourth-order valence-corrected chi connectivity index (χ4v) is 5.48. The van der Waals surface area contributed by atoms with Gasteiger partial charge in [0.1, 0.15) is 5.82 Å². The van der Waals surface area contributed by atoms with Crippen LogP contribution < -0.4 is 0 Å². The number of rotatable bonds is 2. The summed E-state index contributed by atoms with van der Waals surface area (Å²) in [5.74, 6) is 4.16. The first-order chi connectivity index (χ1) is 11.8. The Bertz CT molecular complexity index is 726. The zero-order chi connectivity index (χ0) is 16.1. The lowest BCUT2D eigenvalue weighted by atomic mass is 9.60. The summed E-state index contributed by atoms with van der Waals surface area (Å²) in [5.41, 5.74) is 1.68. The number of fused-ring (bicyclic) bond motifs is 2. The van der Waals surface area contributed by atoms with Crippen molar-refractivity contribution in [3.8, 4) is 11.4 Å². The number of aromatic nitrogens is 2. The molecule has 4 heteroatoms. The first-order valence-electron chi connectivity index (χ1n) is 9.19. The molecule has 2 atom stereocenters. The smallest absolute Gasteiger partial charge is 0.254 e. The third kappa shape index (κ3) is 2.12. The third-order valence-electron chi connectivity index (χ3n) is 6.64. The van der Waals surface area contributed by atoms with Crippen LogP contribution in [0.2, 0.25) is 0 Å². The Kier molecular flexibility index (Phi) is 3.25. The molecule has 6 rings (SSSR count). The second-order valence-corrected chi connectivity index (χ2v) is 7.70. The number of benzene rings is 1. The average Bonchev–Trinajstić information content (AvgIpc) is 3.32. The predicted molar refractivity (Wildman–Crippen MR) is 92.4 cm³/mol. The van der Waals surface area contributed by atoms with E-state index in [1.165, 1.54) is 25.7 Å². The van der Waals surface area contributed by atoms with Gasteiger partial charge in [0.15, 0.2) is 0 Å². The number of imidazole rings is 1. The molecule has 4 aliphatic rings. The van der Waals surface area contributed by atoms with Crippen molar-refractivity contribution in [2.45, 2.75) is 25.7 Å². The summed E-state index contributed by atoms with van der Waals surface area (Å²) in [5, 5.41) is 0. The van der Waals surface area contributed by atoms with E-state index < -0.39 is 0 Å². The van der Waals surface area contributed by atoms with Gasteiger partial charge in [0, 0.05) is 31.0 Å². The molecule has 0 unspecified atom stereocenters. The molecule has 3 aliphatic carbocycles. The zero-order valence-corrected chi connectivity index (χ0v) is 13.8. The van der Waals surface area contributed by atoms with Crippen LogP contribution in [-0.4, -0.2) is 33.9 Å². The lowest BCUT2D eigenvalue weighted by Crippen LogP contribution is -2.38. The van der Waals surface area contributed by atoms with Crippen LogP contribution >= 0.6 is 0 Å². The maximum absolute atomic E-state index is 13.2. The Balaban J connectivity index is 1.44. The number of hydrogen-bond acceptors (Lipinski definition) is 2. The highest BCUT2D eigenvalue weighted by atomic mass is 16.2. The number of hydrogen-bond donors (Lipinski definition) is 1. The van der Waals surface area contributed by atoms with E-state index in [9.17, 15) is 4.79 Å². The van der Waals surface area contributed by atoms with Gasteiger partial charge in [-0.2, -0.15) is 0 Å². The minimum Gasteiger partial charge on any atom is -0.345 e. The van der Waals surface area contributed by atoms with Crippen molar-refractivity contribution in [3.63, 3.8) is 0 Å². The van der Waals surface area contributed by atoms with Gasteiger partial charge in [0.2, 0.25) is 0 Å². The summed E-state index contributed by atoms with van der Waals surface area (Å²) in [6, 6.07) is 7.85. The molecule has 24 heavy (non-hydrogen) atoms. The fourth-order valence-electron chi connectivity index (χ4n) is 5.48. The molecule has 124 valence electrons. The van der Waals surface area contributed by atoms with Crippen LogP contribution in [0.15, 0.2) is 36.7 Å². The van der Waals surface area contributed by atoms with Gasteiger partial charge in [-0.25, -0.2) is 4.98 Å². The molecule has 3 saturated carbocycles. The van der Waals surface area contributed by atoms with Crippen LogP contribution in [0.3, 0.4) is 0 Å². The van der Waals surface area contributed by atoms with Gasteiger partial charge in [-0.3, -0.25) is 4.79 Å². The van der Waals surface area contributed by atoms with Crippen molar-refractivity contribution in [1.82, 2.24) is 14.9 Å². The predicted octanol–water partition coefficient (Wildman–Crippen LogP) is 3.58. The van der Waals surface area contributed by atoms with Crippen LogP contribution in [-0.2, 0) is 0 Å². The zero-order valence-electron chi connectivity index (χ0n) is 13.8. The van der Waals surface area contributed by atoms with E-state index in [0.717, 1.165) is 53.7 Å². The second kappa shape index (κ2) is 5.47. The summed E-state index contributed by atoms with van der Waals surface area (Å²) in [6.07, 6.45) is 9.08. The average molecular weight is 321 g/mol. The highest BCUT2D eigenvalue weighted by Gasteiger charge is 2.49. The van der Waals surface area contributed by atoms with Crippen LogP contribution in [0.5, 0.6) is 0 Å². The molecule has 1 saturated heterocycles. The lowest BCUT2D eigenvalue weighted by Gasteiger charge is -2.44. The maximum Gasteiger partial charge on any atom is 0.254 e. The molecule has 2 heterocycles. The van der Waals surface area contributed by atoms with Crippen molar-refractivity contribution in [2.75, 3.05) is 13.1 Å². The van der Waals surface area contributed by atoms with Gasteiger partial charge >= 0.3 is 0 Å². The highest BCUT2D eigenvalue weighted by molar-refractivity contribution is 6.00. The van der Waals surface area contributed by atoms with E-state index in [-0.39, 0.29) is 5.91 Å². The number of amides is 1. The molecular formula is C20H23N3O. The maximum atomic E-state index is 13.2. The largest absolute Gasteiger partial charge is 0.345 e. The second-order valence-electron chi connectivity index (χ2n) is 7.70. The molecular weight excluding hydrogens is 298 g/mol. The molecule has 0 radical (unpaired) electrons. The molecule has 1 aromatic heterocycles. The molecule has 2 aromatic rings. The Morgan fingerprint density at radius 3 is 2.33 bits per heavy atom. The summed E-state index contributed by atoms with van der Waals surface area (Å²) in [4.78, 5) is 22.8. The molecule has 1 amide bonds. The number of aromatic amines is 1. The molecule has 0 spiro atoms. The van der Waals surface area contributed by atoms with Crippen LogP contribution in [0, 0.1) is 23.7 Å². The lowest BCUT2D eigenvalue weighted by molar-refractivity contribution is 0.0577. The van der Waals surface area contributed by atoms with E-state index >= 15 is 0 Å². The topological polar surface area (TPSA) is 49.0 Å². The number of nitrogens with zero attached hydrogens (tertiary/aromatic N) is 2. The first kappa shape index (κ1) is 14.3. The normalized spacial score (nSPS) is 31.2. The van der Waals surface area contributed by atoms with Crippen LogP contribution in [0.1, 0.15) is 36.0 Å². The third-order valence-corrected chi connectivity index (χ3v) is 6.64. The number of carbonyl (C=O) groups excluding carboxylic acids is 1. The van der Waals surface area contributed by atoms with Gasteiger partial charge in [-0.1, -0.05) is 18.2 Å². The summed E-state index contributed by atoms with van der Waals surface area (Å²) < 4.78 is 0. The van der Waals surface area contributed by atoms with Gasteiger partial charge in [-0.15, -0.1) is 0 Å². The van der Waals surface area contributed by atoms with Crippen LogP contribution in [0.4, 0.5) is 0 Å². The quantitative estimate of drug-likeness (QED) is 0.919. The van der Waals surface area contributed by atoms with Gasteiger partial charge < -0.3 is 9.88 Å². The molecule has 1 N–H and O–H groups in total. The summed E-state index contributed by atoms with van der Waals surface area (Å²) in [6.45, 7) is 1.91. The van der Waals surface area contributed by atoms with Crippen molar-refractivity contribution >= 4 is 5.91 Å². The first-order valence-corrected chi connectivity index (χ1v) is 9.19. The minimum absolute atomic E-state index is 0.177. The Labute approximate surface area is 142 Å². The minimum atomic E-state index is 0.177. The molecule has 4 fully saturated rings. The number of H-pyrrole nitrogens is 1. The SMILES string of the molecule is O=C(c1ccccc1-c1ncc[nH]1)N1C[C@@H]2C3CCC(CC3)[C@@H]2C1. The molecule has 1 aromatic carbocycles. The Morgan fingerprint density at radius 1 is 1.04 bits per heavy atom. The number of carbonyl (C=O) groups is 1. The van der Waals surface area contributed by atoms with Crippen LogP contribution in [0.25, 0.3) is 11.4 Å². The highest BCUT2D eigenvalue weighted by Crippen LogP contribution is 2.52. The Morgan fingerprint density at radius 2 is 1.71 bits per heavy atom. The van der Waals surface area contributed by atoms with E-state index in [2.05, 4.69) is 14.9 Å². The van der Waals surface area contributed by atoms with Gasteiger partial charge in [-0.05, 0) is 55.4 Å². The molecule has 4 nitrogen and oxygen atoms in total. The van der Waals surface area contributed by atoms with E-state index in [0.29, 0.717) is 0 Å². The number of nitrogens with one attached hydrogen (secondary N) is 1. The summed E-state index contributed by atoms with van der Waals surface area (Å²) in [7, 11) is 0. The van der Waals surface area contributed by atoms with Crippen molar-refractivity contribution < 1.29 is 4.79 Å². The standard InChI is InChI=1S/C20H23N3O/c24-20(16-4-2-1-3-15(16)19-21-9-10-22-19)23-11-17-13-5-6-14(8-7-13)18(17)12-23/h1-4,9-10,13-14,17-18H,5-8,11-12H2,(H,21,22)/t13?,14?,17-,18+. The molecule has 1 aliphatic heterocycles.